The van der Waals surface area contributed by atoms with Crippen molar-refractivity contribution < 1.29 is 9.59 Å². The molecule has 0 radical (unpaired) electrons. The number of anilines is 2. The summed E-state index contributed by atoms with van der Waals surface area (Å²) in [5, 5.41) is 6.26. The molecule has 3 rings (SSSR count). The van der Waals surface area contributed by atoms with Crippen LogP contribution in [0.3, 0.4) is 0 Å². The van der Waals surface area contributed by atoms with E-state index in [-0.39, 0.29) is 18.2 Å². The molecule has 0 aliphatic carbocycles. The summed E-state index contributed by atoms with van der Waals surface area (Å²) in [4.78, 5) is 30.2. The Morgan fingerprint density at radius 2 is 1.58 bits per heavy atom. The highest BCUT2D eigenvalue weighted by atomic mass is 32.1. The Bertz CT molecular complexity index is 1090. The van der Waals surface area contributed by atoms with Crippen LogP contribution in [0.2, 0.25) is 0 Å². The van der Waals surface area contributed by atoms with Crippen molar-refractivity contribution in [1.29, 1.82) is 0 Å². The topological polar surface area (TPSA) is 71.1 Å². The van der Waals surface area contributed by atoms with Crippen LogP contribution < -0.4 is 10.6 Å². The maximum absolute atomic E-state index is 12.8. The largest absolute Gasteiger partial charge is 0.321 e. The molecule has 0 saturated heterocycles. The Balaban J connectivity index is 1.67. The summed E-state index contributed by atoms with van der Waals surface area (Å²) in [6.07, 6.45) is 0.264. The van der Waals surface area contributed by atoms with Crippen LogP contribution in [0.4, 0.5) is 10.8 Å². The van der Waals surface area contributed by atoms with E-state index in [0.29, 0.717) is 21.6 Å². The number of hydrogen-bond donors (Lipinski definition) is 2. The van der Waals surface area contributed by atoms with Crippen LogP contribution in [0, 0.1) is 27.7 Å². The van der Waals surface area contributed by atoms with E-state index in [1.165, 1.54) is 16.9 Å². The van der Waals surface area contributed by atoms with Crippen LogP contribution in [0.1, 0.15) is 62.9 Å². The standard InChI is InChI=1S/C25H29N3O2S/c1-14(2)20-9-7-19(8-10-20)13-21(29)27-25-26-18(6)23(31-25)24(30)28-22-16(4)11-15(3)12-17(22)5/h7-12,14H,13H2,1-6H3,(H,28,30)(H,26,27,29). The van der Waals surface area contributed by atoms with Gasteiger partial charge >= 0.3 is 0 Å². The minimum absolute atomic E-state index is 0.150. The molecular formula is C25H29N3O2S. The number of rotatable bonds is 6. The molecule has 6 heteroatoms. The SMILES string of the molecule is Cc1cc(C)c(NC(=O)c2sc(NC(=O)Cc3ccc(C(C)C)cc3)nc2C)c(C)c1. The lowest BCUT2D eigenvalue weighted by atomic mass is 10.0. The number of nitrogens with zero attached hydrogens (tertiary/aromatic N) is 1. The van der Waals surface area contributed by atoms with Crippen molar-refractivity contribution in [2.24, 2.45) is 0 Å². The van der Waals surface area contributed by atoms with E-state index in [1.807, 2.05) is 45.0 Å². The maximum atomic E-state index is 12.8. The van der Waals surface area contributed by atoms with Crippen LogP contribution >= 0.6 is 11.3 Å². The van der Waals surface area contributed by atoms with Crippen LogP contribution in [-0.4, -0.2) is 16.8 Å². The number of carbonyl (C=O) groups excluding carboxylic acids is 2. The number of amides is 2. The molecule has 0 spiro atoms. The highest BCUT2D eigenvalue weighted by Crippen LogP contribution is 2.27. The molecule has 0 aliphatic rings. The molecule has 0 unspecified atom stereocenters. The van der Waals surface area contributed by atoms with Gasteiger partial charge < -0.3 is 10.6 Å². The van der Waals surface area contributed by atoms with E-state index in [9.17, 15) is 9.59 Å². The van der Waals surface area contributed by atoms with E-state index in [2.05, 4.69) is 41.6 Å². The number of thiazole rings is 1. The van der Waals surface area contributed by atoms with Gasteiger partial charge in [-0.2, -0.15) is 0 Å². The summed E-state index contributed by atoms with van der Waals surface area (Å²) < 4.78 is 0. The third-order valence-electron chi connectivity index (χ3n) is 5.18. The first-order valence-corrected chi connectivity index (χ1v) is 11.2. The van der Waals surface area contributed by atoms with Gasteiger partial charge in [0.05, 0.1) is 12.1 Å². The first kappa shape index (κ1) is 22.7. The molecule has 2 aromatic carbocycles. The highest BCUT2D eigenvalue weighted by Gasteiger charge is 2.18. The second kappa shape index (κ2) is 9.43. The van der Waals surface area contributed by atoms with Gasteiger partial charge in [0, 0.05) is 5.69 Å². The summed E-state index contributed by atoms with van der Waals surface area (Å²) in [6, 6.07) is 12.2. The Labute approximate surface area is 187 Å². The maximum Gasteiger partial charge on any atom is 0.267 e. The third-order valence-corrected chi connectivity index (χ3v) is 6.25. The van der Waals surface area contributed by atoms with Crippen molar-refractivity contribution >= 4 is 34.0 Å². The number of aryl methyl sites for hydroxylation is 4. The Hall–Kier alpha value is -2.99. The van der Waals surface area contributed by atoms with Crippen LogP contribution in [0.25, 0.3) is 0 Å². The average Bonchev–Trinajstić information content (AvgIpc) is 3.04. The second-order valence-corrected chi connectivity index (χ2v) is 9.28. The molecular weight excluding hydrogens is 406 g/mol. The lowest BCUT2D eigenvalue weighted by molar-refractivity contribution is -0.115. The monoisotopic (exact) mass is 435 g/mol. The fourth-order valence-corrected chi connectivity index (χ4v) is 4.46. The molecule has 2 amide bonds. The van der Waals surface area contributed by atoms with E-state index < -0.39 is 0 Å². The summed E-state index contributed by atoms with van der Waals surface area (Å²) >= 11 is 1.19. The van der Waals surface area contributed by atoms with Gasteiger partial charge in [-0.25, -0.2) is 4.98 Å². The number of nitrogens with one attached hydrogen (secondary N) is 2. The summed E-state index contributed by atoms with van der Waals surface area (Å²) in [5.74, 6) is 0.0938. The van der Waals surface area contributed by atoms with Crippen LogP contribution in [-0.2, 0) is 11.2 Å². The molecule has 0 saturated carbocycles. The summed E-state index contributed by atoms with van der Waals surface area (Å²) in [7, 11) is 0. The van der Waals surface area contributed by atoms with Gasteiger partial charge in [-0.05, 0) is 55.9 Å². The molecule has 3 aromatic rings. The van der Waals surface area contributed by atoms with E-state index >= 15 is 0 Å². The van der Waals surface area contributed by atoms with E-state index in [4.69, 9.17) is 0 Å². The zero-order valence-electron chi connectivity index (χ0n) is 18.9. The number of aromatic nitrogens is 1. The van der Waals surface area contributed by atoms with Gasteiger partial charge in [-0.15, -0.1) is 0 Å². The average molecular weight is 436 g/mol. The predicted molar refractivity (Wildman–Crippen MR) is 128 cm³/mol. The predicted octanol–water partition coefficient (Wildman–Crippen LogP) is 5.93. The van der Waals surface area contributed by atoms with Crippen molar-refractivity contribution in [1.82, 2.24) is 4.98 Å². The molecule has 1 aromatic heterocycles. The second-order valence-electron chi connectivity index (χ2n) is 8.28. The lowest BCUT2D eigenvalue weighted by Gasteiger charge is -2.12. The lowest BCUT2D eigenvalue weighted by Crippen LogP contribution is -2.14. The van der Waals surface area contributed by atoms with Crippen LogP contribution in [0.5, 0.6) is 0 Å². The van der Waals surface area contributed by atoms with Gasteiger partial charge in [0.25, 0.3) is 5.91 Å². The van der Waals surface area contributed by atoms with Crippen molar-refractivity contribution in [2.45, 2.75) is 53.9 Å². The molecule has 162 valence electrons. The molecule has 0 bridgehead atoms. The minimum Gasteiger partial charge on any atom is -0.321 e. The van der Waals surface area contributed by atoms with E-state index in [0.717, 1.165) is 27.9 Å². The molecule has 0 aliphatic heterocycles. The Morgan fingerprint density at radius 3 is 2.16 bits per heavy atom. The molecule has 0 fully saturated rings. The summed E-state index contributed by atoms with van der Waals surface area (Å²) in [6.45, 7) is 12.1. The number of hydrogen-bond acceptors (Lipinski definition) is 4. The number of carbonyl (C=O) groups is 2. The molecule has 2 N–H and O–H groups in total. The smallest absolute Gasteiger partial charge is 0.267 e. The Morgan fingerprint density at radius 1 is 0.968 bits per heavy atom. The first-order chi connectivity index (χ1) is 14.6. The van der Waals surface area contributed by atoms with Gasteiger partial charge in [-0.3, -0.25) is 9.59 Å². The summed E-state index contributed by atoms with van der Waals surface area (Å²) in [5.41, 5.74) is 6.80. The molecule has 1 heterocycles. The van der Waals surface area contributed by atoms with E-state index in [1.54, 1.807) is 6.92 Å². The zero-order valence-corrected chi connectivity index (χ0v) is 19.7. The molecule has 31 heavy (non-hydrogen) atoms. The Kier molecular flexibility index (Phi) is 6.91. The fourth-order valence-electron chi connectivity index (χ4n) is 3.58. The quantitative estimate of drug-likeness (QED) is 0.504. The number of benzene rings is 2. The van der Waals surface area contributed by atoms with Gasteiger partial charge in [-0.1, -0.05) is 67.1 Å². The van der Waals surface area contributed by atoms with Gasteiger partial charge in [0.1, 0.15) is 4.88 Å². The molecule has 5 nitrogen and oxygen atoms in total. The van der Waals surface area contributed by atoms with Gasteiger partial charge in [0.2, 0.25) is 5.91 Å². The molecule has 0 atom stereocenters. The van der Waals surface area contributed by atoms with Crippen molar-refractivity contribution in [3.63, 3.8) is 0 Å². The highest BCUT2D eigenvalue weighted by molar-refractivity contribution is 7.17. The van der Waals surface area contributed by atoms with Crippen molar-refractivity contribution in [3.8, 4) is 0 Å². The van der Waals surface area contributed by atoms with Crippen LogP contribution in [0.15, 0.2) is 36.4 Å². The zero-order chi connectivity index (χ0) is 22.7. The minimum atomic E-state index is -0.213. The van der Waals surface area contributed by atoms with Crippen molar-refractivity contribution in [3.05, 3.63) is 74.8 Å². The normalized spacial score (nSPS) is 10.9. The third kappa shape index (κ3) is 5.58. The first-order valence-electron chi connectivity index (χ1n) is 10.4. The van der Waals surface area contributed by atoms with Crippen molar-refractivity contribution in [2.75, 3.05) is 10.6 Å². The fraction of sp³-hybridized carbons (Fsp3) is 0.320. The van der Waals surface area contributed by atoms with Gasteiger partial charge in [0.15, 0.2) is 5.13 Å².